The monoisotopic (exact) mass is 767 g/mol. The van der Waals surface area contributed by atoms with Crippen molar-refractivity contribution in [3.63, 3.8) is 0 Å². The summed E-state index contributed by atoms with van der Waals surface area (Å²) in [5, 5.41) is 0. The van der Waals surface area contributed by atoms with Gasteiger partial charge in [0.1, 0.15) is 51.3 Å². The number of benzene rings is 1. The summed E-state index contributed by atoms with van der Waals surface area (Å²) < 4.78 is 64.8. The van der Waals surface area contributed by atoms with E-state index in [1.54, 1.807) is 37.3 Å². The molecule has 0 aromatic heterocycles. The molecule has 0 spiro atoms. The van der Waals surface area contributed by atoms with Gasteiger partial charge in [-0.3, -0.25) is 19.2 Å². The Morgan fingerprint density at radius 2 is 1.68 bits per heavy atom. The molecule has 4 saturated heterocycles. The molecule has 1 aromatic carbocycles. The van der Waals surface area contributed by atoms with Gasteiger partial charge in [-0.2, -0.15) is 0 Å². The zero-order valence-electron chi connectivity index (χ0n) is 30.2. The van der Waals surface area contributed by atoms with Crippen LogP contribution in [0.2, 0.25) is 0 Å². The molecule has 18 heteroatoms. The Balaban J connectivity index is 1.60. The van der Waals surface area contributed by atoms with Crippen molar-refractivity contribution in [2.45, 2.75) is 107 Å². The highest BCUT2D eigenvalue weighted by atomic mass is 31.1. The summed E-state index contributed by atoms with van der Waals surface area (Å²) in [6, 6.07) is 7.40. The molecule has 5 rings (SSSR count). The maximum absolute atomic E-state index is 14.1. The van der Waals surface area contributed by atoms with E-state index in [-0.39, 0.29) is 18.6 Å². The third-order valence-electron chi connectivity index (χ3n) is 9.12. The zero-order valence-corrected chi connectivity index (χ0v) is 31.1. The van der Waals surface area contributed by atoms with E-state index in [9.17, 15) is 28.8 Å². The summed E-state index contributed by atoms with van der Waals surface area (Å²) in [6.45, 7) is 6.25. The predicted octanol–water partition coefficient (Wildman–Crippen LogP) is 1.64. The van der Waals surface area contributed by atoms with Gasteiger partial charge in [-0.05, 0) is 19.1 Å². The molecule has 290 valence electrons. The Hall–Kier alpha value is -3.99. The van der Waals surface area contributed by atoms with E-state index < -0.39 is 129 Å². The highest BCUT2D eigenvalue weighted by molar-refractivity contribution is 7.55. The third kappa shape index (κ3) is 9.22. The average molecular weight is 768 g/mol. The summed E-state index contributed by atoms with van der Waals surface area (Å²) in [5.74, 6) is -8.20. The molecule has 0 saturated carbocycles. The molecular weight excluding hydrogens is 723 g/mol. The van der Waals surface area contributed by atoms with Crippen LogP contribution in [-0.2, 0) is 76.1 Å². The van der Waals surface area contributed by atoms with Crippen molar-refractivity contribution in [1.29, 1.82) is 0 Å². The lowest BCUT2D eigenvalue weighted by Gasteiger charge is -2.51. The Morgan fingerprint density at radius 3 is 2.30 bits per heavy atom. The van der Waals surface area contributed by atoms with Crippen LogP contribution in [0.25, 0.3) is 0 Å². The van der Waals surface area contributed by atoms with Gasteiger partial charge in [-0.1, -0.05) is 18.2 Å². The van der Waals surface area contributed by atoms with Gasteiger partial charge in [0.2, 0.25) is 0 Å². The van der Waals surface area contributed by atoms with Crippen LogP contribution in [0.5, 0.6) is 0 Å². The summed E-state index contributed by atoms with van der Waals surface area (Å²) in [5.41, 5.74) is 0.229. The van der Waals surface area contributed by atoms with Crippen molar-refractivity contribution >= 4 is 49.7 Å². The van der Waals surface area contributed by atoms with Crippen LogP contribution in [0.4, 0.5) is 0 Å². The van der Waals surface area contributed by atoms with Crippen molar-refractivity contribution in [2.75, 3.05) is 27.0 Å². The van der Waals surface area contributed by atoms with Crippen LogP contribution < -0.4 is 0 Å². The number of hydrogen-bond donors (Lipinski definition) is 0. The van der Waals surface area contributed by atoms with Gasteiger partial charge in [0.15, 0.2) is 18.3 Å². The molecule has 0 bridgehead atoms. The van der Waals surface area contributed by atoms with Gasteiger partial charge >= 0.3 is 41.8 Å². The average Bonchev–Trinajstić information content (AvgIpc) is 3.49. The summed E-state index contributed by atoms with van der Waals surface area (Å²) in [7, 11) is 0.00841. The first-order valence-corrected chi connectivity index (χ1v) is 19.0. The van der Waals surface area contributed by atoms with Crippen molar-refractivity contribution in [2.24, 2.45) is 5.92 Å². The van der Waals surface area contributed by atoms with Gasteiger partial charge < -0.3 is 52.1 Å². The number of esters is 6. The van der Waals surface area contributed by atoms with Crippen LogP contribution in [-0.4, -0.2) is 136 Å². The number of carbonyl (C=O) groups excluding carboxylic acids is 6. The largest absolute Gasteiger partial charge is 0.465 e. The van der Waals surface area contributed by atoms with Crippen molar-refractivity contribution in [1.82, 2.24) is 0 Å². The van der Waals surface area contributed by atoms with Crippen LogP contribution in [0.3, 0.4) is 0 Å². The van der Waals surface area contributed by atoms with E-state index in [0.717, 1.165) is 27.9 Å². The molecule has 13 atom stereocenters. The fourth-order valence-corrected chi connectivity index (χ4v) is 7.59. The second kappa shape index (κ2) is 17.0. The number of carbonyl (C=O) groups is 6. The van der Waals surface area contributed by atoms with Crippen molar-refractivity contribution < 1.29 is 80.9 Å². The molecule has 13 unspecified atom stereocenters. The molecule has 0 radical (unpaired) electrons. The summed E-state index contributed by atoms with van der Waals surface area (Å²) in [4.78, 5) is 77.0. The molecule has 4 aliphatic rings. The second-order valence-electron chi connectivity index (χ2n) is 13.1. The van der Waals surface area contributed by atoms with Crippen LogP contribution >= 0.6 is 7.55 Å². The molecule has 4 fully saturated rings. The molecule has 0 aliphatic carbocycles. The molecule has 4 aliphatic heterocycles. The van der Waals surface area contributed by atoms with Crippen molar-refractivity contribution in [3.8, 4) is 0 Å². The van der Waals surface area contributed by atoms with E-state index in [4.69, 9.17) is 52.1 Å². The molecule has 53 heavy (non-hydrogen) atoms. The minimum absolute atomic E-state index is 0.0484. The van der Waals surface area contributed by atoms with E-state index in [2.05, 4.69) is 6.30 Å². The second-order valence-corrected chi connectivity index (χ2v) is 15.1. The lowest BCUT2D eigenvalue weighted by Crippen LogP contribution is -2.68. The first-order chi connectivity index (χ1) is 25.1. The van der Waals surface area contributed by atoms with Crippen LogP contribution in [0, 0.1) is 5.92 Å². The molecular formula is C35H44O17P+. The van der Waals surface area contributed by atoms with Gasteiger partial charge in [0.25, 0.3) is 5.79 Å². The Morgan fingerprint density at radius 1 is 0.981 bits per heavy atom. The Bertz CT molecular complexity index is 1570. The highest BCUT2D eigenvalue weighted by Crippen LogP contribution is 2.47. The third-order valence-corrected chi connectivity index (χ3v) is 10.1. The number of ether oxygens (including phenoxy) is 11. The topological polar surface area (TPSA) is 204 Å². The minimum atomic E-state index is -2.45. The smallest absolute Gasteiger partial charge is 0.366 e. The lowest BCUT2D eigenvalue weighted by molar-refractivity contribution is -0.371. The number of fused-ring (bicyclic) bond motifs is 2. The Labute approximate surface area is 306 Å². The standard InChI is InChI=1S/C35H44O17P/c1-17-27(49-32(40)21-11-9-8-10-12-21)31(30-24(45-17)16-44-34(50-30)53(6)7)52-35(33(41)42-5)14-23-22(13-26(39)48-23)28(51-35)29(47-20(4)38)25(46-19(3)37)15-43-18(2)36/h8-12,17,22-25,27-31,34H,6,13-16H2,1-5,7H3/q+1. The predicted molar refractivity (Wildman–Crippen MR) is 179 cm³/mol. The quantitative estimate of drug-likeness (QED) is 0.168. The van der Waals surface area contributed by atoms with E-state index in [1.165, 1.54) is 0 Å². The normalized spacial score (nSPS) is 33.4. The fourth-order valence-electron chi connectivity index (χ4n) is 6.91. The summed E-state index contributed by atoms with van der Waals surface area (Å²) >= 11 is 0. The van der Waals surface area contributed by atoms with Gasteiger partial charge in [-0.15, -0.1) is 0 Å². The summed E-state index contributed by atoms with van der Waals surface area (Å²) in [6.07, 6.45) is -7.38. The molecule has 4 heterocycles. The van der Waals surface area contributed by atoms with Gasteiger partial charge in [0, 0.05) is 26.7 Å². The maximum Gasteiger partial charge on any atom is 0.366 e. The first kappa shape index (κ1) is 40.2. The van der Waals surface area contributed by atoms with E-state index >= 15 is 0 Å². The molecule has 0 amide bonds. The number of methoxy groups -OCH3 is 1. The van der Waals surface area contributed by atoms with E-state index in [1.807, 2.05) is 6.66 Å². The van der Waals surface area contributed by atoms with Crippen LogP contribution in [0.15, 0.2) is 30.3 Å². The number of hydrogen-bond acceptors (Lipinski definition) is 17. The SMILES string of the molecule is C=[P+](C)C1OCC2OC(C)C(OC(=O)c3ccccc3)C(OC3(C(=O)OC)CC4OC(=O)CC4C(C(OC(C)=O)C(COC(C)=O)OC(C)=O)O3)C2O1. The molecule has 17 nitrogen and oxygen atoms in total. The van der Waals surface area contributed by atoms with Gasteiger partial charge in [-0.25, -0.2) is 9.59 Å². The minimum Gasteiger partial charge on any atom is -0.465 e. The van der Waals surface area contributed by atoms with Crippen LogP contribution in [0.1, 0.15) is 50.9 Å². The molecule has 1 aromatic rings. The van der Waals surface area contributed by atoms with Gasteiger partial charge in [0.05, 0.1) is 44.5 Å². The van der Waals surface area contributed by atoms with Crippen molar-refractivity contribution in [3.05, 3.63) is 35.9 Å². The van der Waals surface area contributed by atoms with E-state index in [0.29, 0.717) is 0 Å². The maximum atomic E-state index is 14.1. The first-order valence-electron chi connectivity index (χ1n) is 17.0. The number of rotatable bonds is 12. The Kier molecular flexibility index (Phi) is 12.9. The zero-order chi connectivity index (χ0) is 38.6. The lowest BCUT2D eigenvalue weighted by atomic mass is 9.82. The molecule has 0 N–H and O–H groups in total. The fraction of sp³-hybridized carbons (Fsp3) is 0.629. The highest BCUT2D eigenvalue weighted by Gasteiger charge is 2.64.